The van der Waals surface area contributed by atoms with E-state index in [1.165, 1.54) is 6.92 Å². The second kappa shape index (κ2) is 6.03. The molecule has 0 spiro atoms. The number of carbonyl (C=O) groups is 1. The number of hydrogen-bond acceptors (Lipinski definition) is 2. The molecule has 0 aliphatic carbocycles. The van der Waals surface area contributed by atoms with Crippen molar-refractivity contribution in [2.45, 2.75) is 24.1 Å². The molecular weight excluding hydrogens is 289 g/mol. The van der Waals surface area contributed by atoms with Crippen LogP contribution in [0.2, 0.25) is 0 Å². The monoisotopic (exact) mass is 299 g/mol. The smallest absolute Gasteiger partial charge is 0.147 e. The summed E-state index contributed by atoms with van der Waals surface area (Å²) in [5.41, 5.74) is 2.66. The molecule has 0 bridgehead atoms. The van der Waals surface area contributed by atoms with E-state index in [-0.39, 0.29) is 10.6 Å². The maximum Gasteiger partial charge on any atom is 0.147 e. The summed E-state index contributed by atoms with van der Waals surface area (Å²) >= 11 is 9.08. The molecule has 4 heteroatoms. The van der Waals surface area contributed by atoms with Gasteiger partial charge in [0, 0.05) is 5.88 Å². The molecule has 84 valence electrons. The molecule has 0 fully saturated rings. The molecule has 16 heavy (non-hydrogen) atoms. The Kier molecular flexibility index (Phi) is 4.98. The topological polar surface area (TPSA) is 40.9 Å². The normalized spacial score (nSPS) is 11.9. The van der Waals surface area contributed by atoms with Crippen molar-refractivity contribution >= 4 is 33.3 Å². The number of benzene rings is 1. The highest BCUT2D eigenvalue weighted by atomic mass is 79.9. The summed E-state index contributed by atoms with van der Waals surface area (Å²) in [5.74, 6) is 0.420. The van der Waals surface area contributed by atoms with Crippen LogP contribution in [-0.2, 0) is 17.1 Å². The van der Waals surface area contributed by atoms with Gasteiger partial charge < -0.3 is 0 Å². The zero-order valence-corrected chi connectivity index (χ0v) is 11.2. The van der Waals surface area contributed by atoms with Gasteiger partial charge in [0.25, 0.3) is 0 Å². The SMILES string of the molecule is CC(=O)C(Br)c1cc(CCl)ccc1CC#N. The van der Waals surface area contributed by atoms with Gasteiger partial charge in [-0.05, 0) is 23.6 Å². The number of hydrogen-bond donors (Lipinski definition) is 0. The molecule has 1 aromatic rings. The van der Waals surface area contributed by atoms with E-state index >= 15 is 0 Å². The van der Waals surface area contributed by atoms with Crippen molar-refractivity contribution < 1.29 is 4.79 Å². The highest BCUT2D eigenvalue weighted by Crippen LogP contribution is 2.28. The lowest BCUT2D eigenvalue weighted by Crippen LogP contribution is -2.05. The van der Waals surface area contributed by atoms with E-state index in [9.17, 15) is 4.79 Å². The molecule has 0 amide bonds. The fourth-order valence-electron chi connectivity index (χ4n) is 1.43. The van der Waals surface area contributed by atoms with Gasteiger partial charge in [-0.2, -0.15) is 5.26 Å². The standard InChI is InChI=1S/C12H11BrClNO/c1-8(16)12(13)11-6-9(7-14)2-3-10(11)4-5-15/h2-3,6,12H,4,7H2,1H3. The van der Waals surface area contributed by atoms with Gasteiger partial charge in [-0.3, -0.25) is 4.79 Å². The predicted molar refractivity (Wildman–Crippen MR) is 67.7 cm³/mol. The van der Waals surface area contributed by atoms with E-state index in [4.69, 9.17) is 16.9 Å². The van der Waals surface area contributed by atoms with Gasteiger partial charge in [0.15, 0.2) is 0 Å². The lowest BCUT2D eigenvalue weighted by Gasteiger charge is -2.12. The zero-order chi connectivity index (χ0) is 12.1. The zero-order valence-electron chi connectivity index (χ0n) is 8.84. The minimum Gasteiger partial charge on any atom is -0.298 e. The Hall–Kier alpha value is -0.850. The van der Waals surface area contributed by atoms with Crippen molar-refractivity contribution in [3.05, 3.63) is 34.9 Å². The van der Waals surface area contributed by atoms with E-state index in [0.717, 1.165) is 16.7 Å². The van der Waals surface area contributed by atoms with Gasteiger partial charge >= 0.3 is 0 Å². The van der Waals surface area contributed by atoms with E-state index in [2.05, 4.69) is 22.0 Å². The summed E-state index contributed by atoms with van der Waals surface area (Å²) in [7, 11) is 0. The Bertz CT molecular complexity index is 439. The maximum atomic E-state index is 11.3. The average Bonchev–Trinajstić information content (AvgIpc) is 2.29. The third kappa shape index (κ3) is 3.07. The second-order valence-corrected chi connectivity index (χ2v) is 4.66. The van der Waals surface area contributed by atoms with E-state index in [1.807, 2.05) is 18.2 Å². The minimum absolute atomic E-state index is 0.0194. The second-order valence-electron chi connectivity index (χ2n) is 3.47. The van der Waals surface area contributed by atoms with Crippen molar-refractivity contribution in [1.29, 1.82) is 5.26 Å². The van der Waals surface area contributed by atoms with Crippen LogP contribution < -0.4 is 0 Å². The van der Waals surface area contributed by atoms with Crippen molar-refractivity contribution in [1.82, 2.24) is 0 Å². The van der Waals surface area contributed by atoms with E-state index in [1.54, 1.807) is 0 Å². The van der Waals surface area contributed by atoms with Crippen LogP contribution in [-0.4, -0.2) is 5.78 Å². The first-order valence-corrected chi connectivity index (χ1v) is 6.24. The molecule has 0 heterocycles. The molecule has 0 saturated heterocycles. The summed E-state index contributed by atoms with van der Waals surface area (Å²) in [6.45, 7) is 1.52. The molecule has 0 aromatic heterocycles. The number of carbonyl (C=O) groups excluding carboxylic acids is 1. The van der Waals surface area contributed by atoms with Crippen LogP contribution in [0.4, 0.5) is 0 Å². The van der Waals surface area contributed by atoms with Crippen LogP contribution in [0.25, 0.3) is 0 Å². The van der Waals surface area contributed by atoms with Crippen molar-refractivity contribution in [3.8, 4) is 6.07 Å². The van der Waals surface area contributed by atoms with Crippen molar-refractivity contribution in [2.75, 3.05) is 0 Å². The highest BCUT2D eigenvalue weighted by molar-refractivity contribution is 9.09. The van der Waals surface area contributed by atoms with Gasteiger partial charge in [0.2, 0.25) is 0 Å². The van der Waals surface area contributed by atoms with Gasteiger partial charge in [-0.15, -0.1) is 11.6 Å². The summed E-state index contributed by atoms with van der Waals surface area (Å²) in [4.78, 5) is 11.0. The number of Topliss-reactive ketones (excluding diaryl/α,β-unsaturated/α-hetero) is 1. The first kappa shape index (κ1) is 13.2. The van der Waals surface area contributed by atoms with Crippen LogP contribution in [0, 0.1) is 11.3 Å². The molecule has 0 aliphatic heterocycles. The Morgan fingerprint density at radius 2 is 2.31 bits per heavy atom. The largest absolute Gasteiger partial charge is 0.298 e. The molecule has 2 nitrogen and oxygen atoms in total. The predicted octanol–water partition coefficient (Wildman–Crippen LogP) is 3.52. The molecule has 1 unspecified atom stereocenters. The fraction of sp³-hybridized carbons (Fsp3) is 0.333. The first-order valence-electron chi connectivity index (χ1n) is 4.79. The number of halogens is 2. The molecule has 0 saturated carbocycles. The maximum absolute atomic E-state index is 11.3. The number of nitrogens with zero attached hydrogens (tertiary/aromatic N) is 1. The molecule has 0 radical (unpaired) electrons. The number of nitriles is 1. The Balaban J connectivity index is 3.20. The Morgan fingerprint density at radius 1 is 1.62 bits per heavy atom. The number of alkyl halides is 2. The summed E-state index contributed by atoms with van der Waals surface area (Å²) < 4.78 is 0. The van der Waals surface area contributed by atoms with Crippen LogP contribution in [0.5, 0.6) is 0 Å². The lowest BCUT2D eigenvalue weighted by atomic mass is 9.98. The molecule has 0 aliphatic rings. The molecule has 1 atom stereocenters. The Labute approximate surface area is 108 Å². The highest BCUT2D eigenvalue weighted by Gasteiger charge is 2.16. The van der Waals surface area contributed by atoms with Crippen LogP contribution in [0.1, 0.15) is 28.4 Å². The third-order valence-electron chi connectivity index (χ3n) is 2.26. The van der Waals surface area contributed by atoms with Crippen molar-refractivity contribution in [3.63, 3.8) is 0 Å². The van der Waals surface area contributed by atoms with E-state index < -0.39 is 0 Å². The quantitative estimate of drug-likeness (QED) is 0.798. The lowest BCUT2D eigenvalue weighted by molar-refractivity contribution is -0.116. The summed E-state index contributed by atoms with van der Waals surface area (Å²) in [6, 6.07) is 7.70. The summed E-state index contributed by atoms with van der Waals surface area (Å²) in [5, 5.41) is 8.71. The molecule has 0 N–H and O–H groups in total. The third-order valence-corrected chi connectivity index (χ3v) is 3.71. The average molecular weight is 301 g/mol. The number of ketones is 1. The van der Waals surface area contributed by atoms with Crippen molar-refractivity contribution in [2.24, 2.45) is 0 Å². The van der Waals surface area contributed by atoms with E-state index in [0.29, 0.717) is 12.3 Å². The molecule has 1 aromatic carbocycles. The van der Waals surface area contributed by atoms with Crippen LogP contribution >= 0.6 is 27.5 Å². The van der Waals surface area contributed by atoms with Gasteiger partial charge in [0.1, 0.15) is 5.78 Å². The molecular formula is C12H11BrClNO. The van der Waals surface area contributed by atoms with Gasteiger partial charge in [-0.1, -0.05) is 34.1 Å². The minimum atomic E-state index is -0.362. The van der Waals surface area contributed by atoms with Gasteiger partial charge in [-0.25, -0.2) is 0 Å². The number of rotatable bonds is 4. The van der Waals surface area contributed by atoms with Crippen LogP contribution in [0.15, 0.2) is 18.2 Å². The Morgan fingerprint density at radius 3 is 2.81 bits per heavy atom. The molecule has 1 rings (SSSR count). The first-order chi connectivity index (χ1) is 7.60. The summed E-state index contributed by atoms with van der Waals surface area (Å²) in [6.07, 6.45) is 0.299. The van der Waals surface area contributed by atoms with Crippen LogP contribution in [0.3, 0.4) is 0 Å². The fourth-order valence-corrected chi connectivity index (χ4v) is 2.02. The van der Waals surface area contributed by atoms with Gasteiger partial charge in [0.05, 0.1) is 17.3 Å².